The Bertz CT molecular complexity index is 1240. The maximum atomic E-state index is 12.9. The number of anilines is 1. The van der Waals surface area contributed by atoms with Crippen molar-refractivity contribution in [3.8, 4) is 22.6 Å². The van der Waals surface area contributed by atoms with E-state index in [0.717, 1.165) is 53.2 Å². The Labute approximate surface area is 221 Å². The third-order valence-electron chi connectivity index (χ3n) is 6.64. The average molecular weight is 501 g/mol. The standard InChI is InChI=1S/C29H34N4O2.C2H6/c1-18-14-22(8-10-25(18)29(34)33-27-12-13-32-17-19(27)2)21-6-5-7-23(15-21)35-24-9-11-26(20(3)30)28(16-24)31-4;1-2/h5-11,14-16,19,27,30-32H,12-13,17H2,1-4H3,(H,33,34);1-2H3/t19?,27-;/m0./s1. The summed E-state index contributed by atoms with van der Waals surface area (Å²) in [6.45, 7) is 11.8. The highest BCUT2D eigenvalue weighted by Crippen LogP contribution is 2.31. The molecular weight excluding hydrogens is 460 g/mol. The van der Waals surface area contributed by atoms with E-state index in [1.807, 2.05) is 82.4 Å². The van der Waals surface area contributed by atoms with E-state index in [1.54, 1.807) is 6.92 Å². The SMILES string of the molecule is CC.CNc1cc(Oc2cccc(-c3ccc(C(=O)N[C@H]4CCNCC4C)c(C)c3)c2)ccc1C(C)=N. The van der Waals surface area contributed by atoms with E-state index in [9.17, 15) is 4.79 Å². The highest BCUT2D eigenvalue weighted by atomic mass is 16.5. The van der Waals surface area contributed by atoms with E-state index in [-0.39, 0.29) is 11.9 Å². The van der Waals surface area contributed by atoms with Gasteiger partial charge in [-0.05, 0) is 86.3 Å². The first-order valence-electron chi connectivity index (χ1n) is 13.1. The van der Waals surface area contributed by atoms with Crippen LogP contribution in [-0.2, 0) is 0 Å². The van der Waals surface area contributed by atoms with Crippen molar-refractivity contribution in [2.75, 3.05) is 25.5 Å². The molecule has 1 fully saturated rings. The molecule has 1 heterocycles. The monoisotopic (exact) mass is 500 g/mol. The lowest BCUT2D eigenvalue weighted by molar-refractivity contribution is 0.0913. The van der Waals surface area contributed by atoms with Crippen molar-refractivity contribution in [1.29, 1.82) is 5.41 Å². The summed E-state index contributed by atoms with van der Waals surface area (Å²) >= 11 is 0. The van der Waals surface area contributed by atoms with Gasteiger partial charge in [-0.15, -0.1) is 0 Å². The molecule has 1 saturated heterocycles. The number of piperidine rings is 1. The Morgan fingerprint density at radius 1 is 1.00 bits per heavy atom. The number of carbonyl (C=O) groups is 1. The zero-order valence-corrected chi connectivity index (χ0v) is 22.9. The minimum atomic E-state index is -0.00571. The van der Waals surface area contributed by atoms with Crippen LogP contribution in [0.5, 0.6) is 11.5 Å². The highest BCUT2D eigenvalue weighted by molar-refractivity contribution is 6.01. The Morgan fingerprint density at radius 3 is 2.38 bits per heavy atom. The fourth-order valence-corrected chi connectivity index (χ4v) is 4.57. The quantitative estimate of drug-likeness (QED) is 0.274. The fraction of sp³-hybridized carbons (Fsp3) is 0.355. The van der Waals surface area contributed by atoms with Gasteiger partial charge in [0.05, 0.1) is 0 Å². The molecule has 1 aliphatic heterocycles. The van der Waals surface area contributed by atoms with Gasteiger partial charge in [0.2, 0.25) is 0 Å². The molecule has 0 bridgehead atoms. The summed E-state index contributed by atoms with van der Waals surface area (Å²) in [5.41, 5.74) is 5.92. The summed E-state index contributed by atoms with van der Waals surface area (Å²) in [6.07, 6.45) is 0.955. The number of benzene rings is 3. The second kappa shape index (κ2) is 13.1. The van der Waals surface area contributed by atoms with Crippen LogP contribution in [0.1, 0.15) is 55.6 Å². The van der Waals surface area contributed by atoms with Gasteiger partial charge in [0.15, 0.2) is 0 Å². The van der Waals surface area contributed by atoms with Crippen molar-refractivity contribution in [3.63, 3.8) is 0 Å². The first-order valence-corrected chi connectivity index (χ1v) is 13.1. The molecule has 0 aliphatic carbocycles. The number of nitrogens with one attached hydrogen (secondary N) is 4. The molecule has 4 rings (SSSR count). The summed E-state index contributed by atoms with van der Waals surface area (Å²) in [7, 11) is 1.84. The van der Waals surface area contributed by atoms with Crippen LogP contribution < -0.4 is 20.7 Å². The van der Waals surface area contributed by atoms with Crippen LogP contribution >= 0.6 is 0 Å². The summed E-state index contributed by atoms with van der Waals surface area (Å²) < 4.78 is 6.12. The molecular formula is C31H40N4O2. The zero-order chi connectivity index (χ0) is 26.9. The number of aryl methyl sites for hydroxylation is 1. The van der Waals surface area contributed by atoms with Gasteiger partial charge in [-0.3, -0.25) is 4.79 Å². The molecule has 3 aromatic rings. The van der Waals surface area contributed by atoms with Gasteiger partial charge in [-0.2, -0.15) is 0 Å². The molecule has 0 saturated carbocycles. The third-order valence-corrected chi connectivity index (χ3v) is 6.64. The van der Waals surface area contributed by atoms with E-state index >= 15 is 0 Å². The van der Waals surface area contributed by atoms with Crippen molar-refractivity contribution in [3.05, 3.63) is 77.4 Å². The largest absolute Gasteiger partial charge is 0.457 e. The zero-order valence-electron chi connectivity index (χ0n) is 22.9. The van der Waals surface area contributed by atoms with Gasteiger partial charge >= 0.3 is 0 Å². The number of carbonyl (C=O) groups excluding carboxylic acids is 1. The lowest BCUT2D eigenvalue weighted by Gasteiger charge is -2.30. The van der Waals surface area contributed by atoms with Crippen LogP contribution in [0.4, 0.5) is 5.69 Å². The van der Waals surface area contributed by atoms with Gasteiger partial charge in [-0.1, -0.05) is 45.0 Å². The number of amides is 1. The average Bonchev–Trinajstić information content (AvgIpc) is 2.91. The molecule has 0 spiro atoms. The van der Waals surface area contributed by atoms with Crippen molar-refractivity contribution in [1.82, 2.24) is 10.6 Å². The molecule has 37 heavy (non-hydrogen) atoms. The van der Waals surface area contributed by atoms with Crippen LogP contribution in [0.25, 0.3) is 11.1 Å². The predicted octanol–water partition coefficient (Wildman–Crippen LogP) is 6.64. The summed E-state index contributed by atoms with van der Waals surface area (Å²) in [4.78, 5) is 12.9. The Morgan fingerprint density at radius 2 is 1.70 bits per heavy atom. The number of ether oxygens (including phenoxy) is 1. The molecule has 1 unspecified atom stereocenters. The molecule has 6 nitrogen and oxygen atoms in total. The topological polar surface area (TPSA) is 86.2 Å². The second-order valence-electron chi connectivity index (χ2n) is 9.29. The van der Waals surface area contributed by atoms with Crippen LogP contribution in [0.3, 0.4) is 0 Å². The lowest BCUT2D eigenvalue weighted by Crippen LogP contribution is -2.48. The van der Waals surface area contributed by atoms with Gasteiger partial charge in [0.25, 0.3) is 5.91 Å². The van der Waals surface area contributed by atoms with Crippen LogP contribution in [0.2, 0.25) is 0 Å². The van der Waals surface area contributed by atoms with E-state index in [0.29, 0.717) is 22.9 Å². The number of hydrogen-bond donors (Lipinski definition) is 4. The molecule has 196 valence electrons. The molecule has 1 amide bonds. The molecule has 0 aromatic heterocycles. The minimum Gasteiger partial charge on any atom is -0.457 e. The normalized spacial score (nSPS) is 16.7. The smallest absolute Gasteiger partial charge is 0.251 e. The summed E-state index contributed by atoms with van der Waals surface area (Å²) in [6, 6.07) is 19.8. The Kier molecular flexibility index (Phi) is 9.86. The van der Waals surface area contributed by atoms with Crippen molar-refractivity contribution >= 4 is 17.3 Å². The van der Waals surface area contributed by atoms with Crippen molar-refractivity contribution < 1.29 is 9.53 Å². The Hall–Kier alpha value is -3.64. The van der Waals surface area contributed by atoms with E-state index in [4.69, 9.17) is 10.1 Å². The molecule has 0 radical (unpaired) electrons. The first kappa shape index (κ1) is 27.9. The molecule has 1 aliphatic rings. The van der Waals surface area contributed by atoms with Crippen molar-refractivity contribution in [2.24, 2.45) is 5.92 Å². The van der Waals surface area contributed by atoms with Gasteiger partial charge in [0.1, 0.15) is 11.5 Å². The molecule has 6 heteroatoms. The third kappa shape index (κ3) is 6.98. The molecule has 2 atom stereocenters. The maximum Gasteiger partial charge on any atom is 0.251 e. The molecule has 4 N–H and O–H groups in total. The van der Waals surface area contributed by atoms with Gasteiger partial charge in [0, 0.05) is 41.7 Å². The van der Waals surface area contributed by atoms with Gasteiger partial charge in [-0.25, -0.2) is 0 Å². The van der Waals surface area contributed by atoms with Crippen LogP contribution in [0, 0.1) is 18.3 Å². The predicted molar refractivity (Wildman–Crippen MR) is 154 cm³/mol. The first-order chi connectivity index (χ1) is 17.9. The fourth-order valence-electron chi connectivity index (χ4n) is 4.57. The van der Waals surface area contributed by atoms with Crippen LogP contribution in [0.15, 0.2) is 60.7 Å². The highest BCUT2D eigenvalue weighted by Gasteiger charge is 2.23. The van der Waals surface area contributed by atoms with E-state index < -0.39 is 0 Å². The number of rotatable bonds is 7. The van der Waals surface area contributed by atoms with E-state index in [1.165, 1.54) is 0 Å². The summed E-state index contributed by atoms with van der Waals surface area (Å²) in [5.74, 6) is 1.84. The molecule has 3 aromatic carbocycles. The van der Waals surface area contributed by atoms with Crippen LogP contribution in [-0.4, -0.2) is 37.8 Å². The lowest BCUT2D eigenvalue weighted by atomic mass is 9.94. The van der Waals surface area contributed by atoms with E-state index in [2.05, 4.69) is 28.9 Å². The van der Waals surface area contributed by atoms with Gasteiger partial charge < -0.3 is 26.1 Å². The van der Waals surface area contributed by atoms with Crippen molar-refractivity contribution in [2.45, 2.75) is 47.1 Å². The second-order valence-corrected chi connectivity index (χ2v) is 9.29. The Balaban J connectivity index is 0.00000186. The number of hydrogen-bond acceptors (Lipinski definition) is 5. The maximum absolute atomic E-state index is 12.9. The summed E-state index contributed by atoms with van der Waals surface area (Å²) in [5, 5.41) is 17.6. The minimum absolute atomic E-state index is 0.00571.